The number of aliphatic hydroxyl groups excluding tert-OH is 1. The number of fused-ring (bicyclic) bond motifs is 2. The van der Waals surface area contributed by atoms with Gasteiger partial charge in [0.1, 0.15) is 17.4 Å². The second-order valence-corrected chi connectivity index (χ2v) is 14.4. The van der Waals surface area contributed by atoms with Crippen molar-refractivity contribution in [3.8, 4) is 5.75 Å². The van der Waals surface area contributed by atoms with Gasteiger partial charge in [-0.25, -0.2) is 0 Å². The molecule has 6 rings (SSSR count). The molecule has 3 aliphatic heterocycles. The van der Waals surface area contributed by atoms with E-state index in [0.717, 1.165) is 23.6 Å². The molecule has 3 heterocycles. The van der Waals surface area contributed by atoms with Crippen LogP contribution in [0.3, 0.4) is 0 Å². The Balaban J connectivity index is 1.38. The van der Waals surface area contributed by atoms with Crippen molar-refractivity contribution < 1.29 is 29.0 Å². The molecule has 1 N–H and O–H groups in total. The minimum atomic E-state index is -1.20. The summed E-state index contributed by atoms with van der Waals surface area (Å²) in [6, 6.07) is 20.2. The summed E-state index contributed by atoms with van der Waals surface area (Å²) in [6.45, 7) is 11.2. The number of unbranched alkanes of at least 4 members (excludes halogenated alkanes) is 3. The zero-order chi connectivity index (χ0) is 35.4. The molecule has 0 saturated carbocycles. The molecule has 0 aliphatic carbocycles. The third-order valence-corrected chi connectivity index (χ3v) is 11.1. The number of hydrogen-bond acceptors (Lipinski definition) is 6. The third-order valence-electron chi connectivity index (χ3n) is 10.3. The van der Waals surface area contributed by atoms with Crippen molar-refractivity contribution in [2.24, 2.45) is 11.8 Å². The average molecular weight is 745 g/mol. The summed E-state index contributed by atoms with van der Waals surface area (Å²) in [4.78, 5) is 49.3. The number of benzene rings is 3. The number of anilines is 2. The van der Waals surface area contributed by atoms with E-state index < -0.39 is 29.6 Å². The number of carbonyl (C=O) groups excluding carboxylic acids is 3. The Labute approximate surface area is 302 Å². The Hall–Kier alpha value is -3.99. The number of halogens is 1. The van der Waals surface area contributed by atoms with Gasteiger partial charge in [-0.2, -0.15) is 0 Å². The fraction of sp³-hybridized carbons (Fsp3) is 0.425. The van der Waals surface area contributed by atoms with E-state index in [9.17, 15) is 14.7 Å². The lowest BCUT2D eigenvalue weighted by Gasteiger charge is -2.37. The molecule has 0 radical (unpaired) electrons. The Morgan fingerprint density at radius 3 is 2.30 bits per heavy atom. The Bertz CT molecular complexity index is 1730. The molecule has 9 nitrogen and oxygen atoms in total. The van der Waals surface area contributed by atoms with Crippen LogP contribution in [0, 0.1) is 11.8 Å². The second-order valence-electron chi connectivity index (χ2n) is 13.3. The van der Waals surface area contributed by atoms with E-state index in [1.165, 1.54) is 0 Å². The second kappa shape index (κ2) is 15.5. The van der Waals surface area contributed by atoms with Crippen LogP contribution in [-0.2, 0) is 19.1 Å². The summed E-state index contributed by atoms with van der Waals surface area (Å²) in [6.07, 6.45) is 6.12. The topological polar surface area (TPSA) is 99.6 Å². The maximum absolute atomic E-state index is 15.1. The van der Waals surface area contributed by atoms with Gasteiger partial charge in [-0.15, -0.1) is 13.2 Å². The van der Waals surface area contributed by atoms with Gasteiger partial charge >= 0.3 is 0 Å². The zero-order valence-electron chi connectivity index (χ0n) is 28.6. The molecule has 2 bridgehead atoms. The highest BCUT2D eigenvalue weighted by molar-refractivity contribution is 9.09. The minimum Gasteiger partial charge on any atom is -0.494 e. The molecule has 3 aliphatic rings. The van der Waals surface area contributed by atoms with Gasteiger partial charge in [-0.3, -0.25) is 14.4 Å². The predicted molar refractivity (Wildman–Crippen MR) is 200 cm³/mol. The SMILES string of the molecule is C=CCN(C(=O)C1N(CCCCCCO)C(=O)[C@@H]2[C@@H](C(=O)N(CC=C)c3ccc(OCC)cc3)[C@@H]3OC12CC3Br)c1ccc2ccccc2c1. The van der Waals surface area contributed by atoms with E-state index in [4.69, 9.17) is 9.47 Å². The smallest absolute Gasteiger partial charge is 0.253 e. The molecule has 3 aromatic carbocycles. The Morgan fingerprint density at radius 2 is 1.62 bits per heavy atom. The van der Waals surface area contributed by atoms with E-state index in [-0.39, 0.29) is 42.2 Å². The summed E-state index contributed by atoms with van der Waals surface area (Å²) in [5, 5.41) is 11.4. The van der Waals surface area contributed by atoms with Gasteiger partial charge in [0, 0.05) is 42.4 Å². The molecule has 0 aromatic heterocycles. The van der Waals surface area contributed by atoms with Crippen LogP contribution in [0.15, 0.2) is 92.0 Å². The van der Waals surface area contributed by atoms with Gasteiger partial charge in [0.15, 0.2) is 0 Å². The number of hydrogen-bond donors (Lipinski definition) is 1. The third kappa shape index (κ3) is 6.49. The van der Waals surface area contributed by atoms with Gasteiger partial charge in [0.25, 0.3) is 5.91 Å². The Morgan fingerprint density at radius 1 is 0.960 bits per heavy atom. The first-order chi connectivity index (χ1) is 24.3. The van der Waals surface area contributed by atoms with Crippen molar-refractivity contribution in [2.45, 2.75) is 61.6 Å². The summed E-state index contributed by atoms with van der Waals surface area (Å²) in [5.41, 5.74) is 0.161. The monoisotopic (exact) mass is 743 g/mol. The molecular formula is C40H46BrN3O6. The van der Waals surface area contributed by atoms with Crippen LogP contribution in [0.2, 0.25) is 0 Å². The highest BCUT2D eigenvalue weighted by Gasteiger charge is 2.77. The molecular weight excluding hydrogens is 698 g/mol. The number of alkyl halides is 1. The molecule has 3 unspecified atom stereocenters. The predicted octanol–water partition coefficient (Wildman–Crippen LogP) is 6.28. The molecule has 10 heteroatoms. The lowest BCUT2D eigenvalue weighted by atomic mass is 9.70. The Kier molecular flexibility index (Phi) is 11.1. The highest BCUT2D eigenvalue weighted by atomic mass is 79.9. The lowest BCUT2D eigenvalue weighted by Crippen LogP contribution is -2.57. The van der Waals surface area contributed by atoms with E-state index in [0.29, 0.717) is 49.5 Å². The maximum Gasteiger partial charge on any atom is 0.253 e. The molecule has 3 amide bonds. The van der Waals surface area contributed by atoms with Crippen LogP contribution < -0.4 is 14.5 Å². The van der Waals surface area contributed by atoms with Crippen LogP contribution in [0.25, 0.3) is 10.8 Å². The molecule has 264 valence electrons. The van der Waals surface area contributed by atoms with Crippen LogP contribution >= 0.6 is 15.9 Å². The van der Waals surface area contributed by atoms with Crippen LogP contribution in [0.1, 0.15) is 39.0 Å². The van der Waals surface area contributed by atoms with Crippen LogP contribution in [0.5, 0.6) is 5.75 Å². The van der Waals surface area contributed by atoms with Crippen molar-refractivity contribution in [1.29, 1.82) is 0 Å². The summed E-state index contributed by atoms with van der Waals surface area (Å²) < 4.78 is 12.5. The van der Waals surface area contributed by atoms with Crippen molar-refractivity contribution in [1.82, 2.24) is 4.90 Å². The molecule has 3 saturated heterocycles. The summed E-state index contributed by atoms with van der Waals surface area (Å²) in [7, 11) is 0. The lowest BCUT2D eigenvalue weighted by molar-refractivity contribution is -0.140. The van der Waals surface area contributed by atoms with Crippen molar-refractivity contribution in [3.05, 3.63) is 92.0 Å². The number of ether oxygens (including phenoxy) is 2. The molecule has 50 heavy (non-hydrogen) atoms. The molecule has 3 aromatic rings. The first kappa shape index (κ1) is 35.8. The number of carbonyl (C=O) groups is 3. The van der Waals surface area contributed by atoms with Crippen LogP contribution in [0.4, 0.5) is 11.4 Å². The maximum atomic E-state index is 15.1. The molecule has 6 atom stereocenters. The van der Waals surface area contributed by atoms with Crippen LogP contribution in [-0.4, -0.2) is 83.2 Å². The number of nitrogens with zero attached hydrogens (tertiary/aromatic N) is 3. The van der Waals surface area contributed by atoms with Gasteiger partial charge in [0.05, 0.1) is 24.5 Å². The molecule has 3 fully saturated rings. The van der Waals surface area contributed by atoms with Gasteiger partial charge in [-0.05, 0) is 73.4 Å². The largest absolute Gasteiger partial charge is 0.494 e. The van der Waals surface area contributed by atoms with Crippen molar-refractivity contribution in [3.63, 3.8) is 0 Å². The number of aliphatic hydroxyl groups is 1. The first-order valence-corrected chi connectivity index (χ1v) is 18.5. The standard InChI is InChI=1S/C40H46BrN3O6/c1-4-21-42(29-17-19-31(20-18-29)49-6-3)37(46)33-34-38(47)44(23-11-7-8-12-24-45)36(40(34)26-32(41)35(33)50-40)39(48)43(22-5-2)30-16-15-27-13-9-10-14-28(27)25-30/h4-5,9-10,13-20,25,32-36,45H,1-2,6-8,11-12,21-24,26H2,3H3/t32?,33-,34+,35-,36?,40?/m1/s1. The quantitative estimate of drug-likeness (QED) is 0.105. The average Bonchev–Trinajstić information content (AvgIpc) is 3.72. The van der Waals surface area contributed by atoms with Gasteiger partial charge in [0.2, 0.25) is 11.8 Å². The minimum absolute atomic E-state index is 0.110. The van der Waals surface area contributed by atoms with Crippen molar-refractivity contribution >= 4 is 55.8 Å². The number of amides is 3. The highest BCUT2D eigenvalue weighted by Crippen LogP contribution is 2.60. The fourth-order valence-electron chi connectivity index (χ4n) is 8.14. The van der Waals surface area contributed by atoms with E-state index in [1.54, 1.807) is 26.9 Å². The molecule has 1 spiro atoms. The fourth-order valence-corrected chi connectivity index (χ4v) is 9.09. The van der Waals surface area contributed by atoms with E-state index >= 15 is 4.79 Å². The normalized spacial score (nSPS) is 25.1. The van der Waals surface area contributed by atoms with Gasteiger partial charge in [-0.1, -0.05) is 71.3 Å². The van der Waals surface area contributed by atoms with Gasteiger partial charge < -0.3 is 29.3 Å². The number of likely N-dealkylation sites (tertiary alicyclic amines) is 1. The van der Waals surface area contributed by atoms with Crippen molar-refractivity contribution in [2.75, 3.05) is 42.6 Å². The number of rotatable bonds is 16. The summed E-state index contributed by atoms with van der Waals surface area (Å²) in [5.74, 6) is -1.67. The van der Waals surface area contributed by atoms with E-state index in [2.05, 4.69) is 29.1 Å². The first-order valence-electron chi connectivity index (χ1n) is 17.6. The zero-order valence-corrected chi connectivity index (χ0v) is 30.2. The summed E-state index contributed by atoms with van der Waals surface area (Å²) >= 11 is 3.82. The van der Waals surface area contributed by atoms with E-state index in [1.807, 2.05) is 73.7 Å².